The van der Waals surface area contributed by atoms with Crippen LogP contribution in [0.15, 0.2) is 40.5 Å². The molecule has 1 saturated heterocycles. The van der Waals surface area contributed by atoms with Gasteiger partial charge in [-0.2, -0.15) is 0 Å². The van der Waals surface area contributed by atoms with Gasteiger partial charge in [-0.3, -0.25) is 14.4 Å². The SMILES string of the molecule is CC(NC(=O)c1cccs1)C(=O)NC1CCN(C(=O)c2ccoc2)CC1. The molecule has 3 rings (SSSR count). The van der Waals surface area contributed by atoms with Crippen LogP contribution >= 0.6 is 11.3 Å². The monoisotopic (exact) mass is 375 g/mol. The summed E-state index contributed by atoms with van der Waals surface area (Å²) in [5, 5.41) is 7.48. The first-order chi connectivity index (χ1) is 12.5. The molecule has 0 aromatic carbocycles. The van der Waals surface area contributed by atoms with Crippen LogP contribution in [0.5, 0.6) is 0 Å². The van der Waals surface area contributed by atoms with Gasteiger partial charge in [0.25, 0.3) is 11.8 Å². The van der Waals surface area contributed by atoms with E-state index in [-0.39, 0.29) is 23.8 Å². The van der Waals surface area contributed by atoms with Gasteiger partial charge in [0, 0.05) is 19.1 Å². The Morgan fingerprint density at radius 1 is 1.27 bits per heavy atom. The largest absolute Gasteiger partial charge is 0.472 e. The van der Waals surface area contributed by atoms with Crippen molar-refractivity contribution in [1.29, 1.82) is 0 Å². The number of furan rings is 1. The number of carbonyl (C=O) groups excluding carboxylic acids is 3. The van der Waals surface area contributed by atoms with E-state index in [1.807, 2.05) is 5.38 Å². The fourth-order valence-corrected chi connectivity index (χ4v) is 3.49. The zero-order valence-corrected chi connectivity index (χ0v) is 15.3. The quantitative estimate of drug-likeness (QED) is 0.835. The van der Waals surface area contributed by atoms with Crippen molar-refractivity contribution < 1.29 is 18.8 Å². The molecule has 2 aromatic rings. The molecular formula is C18H21N3O4S. The average Bonchev–Trinajstić information content (AvgIpc) is 3.35. The normalized spacial score (nSPS) is 16.1. The molecule has 138 valence electrons. The van der Waals surface area contributed by atoms with Gasteiger partial charge in [0.2, 0.25) is 5.91 Å². The molecule has 1 fully saturated rings. The standard InChI is InChI=1S/C18H21N3O4S/c1-12(19-17(23)15-3-2-10-26-15)16(22)20-14-4-7-21(8-5-14)18(24)13-6-9-25-11-13/h2-3,6,9-12,14H,4-5,7-8H2,1H3,(H,19,23)(H,20,22). The molecule has 2 aromatic heterocycles. The zero-order valence-electron chi connectivity index (χ0n) is 14.4. The number of thiophene rings is 1. The second kappa shape index (κ2) is 8.18. The van der Waals surface area contributed by atoms with E-state index in [2.05, 4.69) is 10.6 Å². The van der Waals surface area contributed by atoms with Crippen LogP contribution in [0.2, 0.25) is 0 Å². The van der Waals surface area contributed by atoms with E-state index < -0.39 is 6.04 Å². The summed E-state index contributed by atoms with van der Waals surface area (Å²) in [7, 11) is 0. The van der Waals surface area contributed by atoms with E-state index in [1.54, 1.807) is 30.0 Å². The summed E-state index contributed by atoms with van der Waals surface area (Å²) < 4.78 is 4.95. The van der Waals surface area contributed by atoms with Gasteiger partial charge in [0.05, 0.1) is 16.7 Å². The molecule has 1 aliphatic heterocycles. The third-order valence-electron chi connectivity index (χ3n) is 4.38. The second-order valence-corrected chi connectivity index (χ2v) is 7.21. The van der Waals surface area contributed by atoms with Crippen LogP contribution in [-0.2, 0) is 4.79 Å². The Labute approximate surface area is 155 Å². The fourth-order valence-electron chi connectivity index (χ4n) is 2.86. The summed E-state index contributed by atoms with van der Waals surface area (Å²) in [5.41, 5.74) is 0.539. The average molecular weight is 375 g/mol. The number of carbonyl (C=O) groups is 3. The highest BCUT2D eigenvalue weighted by molar-refractivity contribution is 7.12. The number of likely N-dealkylation sites (tertiary alicyclic amines) is 1. The maximum absolute atomic E-state index is 12.3. The van der Waals surface area contributed by atoms with E-state index in [1.165, 1.54) is 23.9 Å². The molecule has 0 aliphatic carbocycles. The van der Waals surface area contributed by atoms with Crippen molar-refractivity contribution in [2.45, 2.75) is 31.8 Å². The Bertz CT molecular complexity index is 750. The topological polar surface area (TPSA) is 91.7 Å². The first kappa shape index (κ1) is 18.2. The first-order valence-electron chi connectivity index (χ1n) is 8.51. The Morgan fingerprint density at radius 3 is 2.65 bits per heavy atom. The van der Waals surface area contributed by atoms with Gasteiger partial charge in [-0.15, -0.1) is 11.3 Å². The van der Waals surface area contributed by atoms with E-state index in [9.17, 15) is 14.4 Å². The Morgan fingerprint density at radius 2 is 2.04 bits per heavy atom. The molecule has 1 unspecified atom stereocenters. The van der Waals surface area contributed by atoms with Crippen LogP contribution in [-0.4, -0.2) is 47.8 Å². The lowest BCUT2D eigenvalue weighted by Crippen LogP contribution is -2.51. The van der Waals surface area contributed by atoms with Crippen LogP contribution in [0.1, 0.15) is 39.8 Å². The third-order valence-corrected chi connectivity index (χ3v) is 5.25. The predicted octanol–water partition coefficient (Wildman–Crippen LogP) is 1.88. The van der Waals surface area contributed by atoms with Crippen molar-refractivity contribution in [2.24, 2.45) is 0 Å². The lowest BCUT2D eigenvalue weighted by Gasteiger charge is -2.32. The number of amides is 3. The van der Waals surface area contributed by atoms with Gasteiger partial charge in [0.15, 0.2) is 0 Å². The molecule has 26 heavy (non-hydrogen) atoms. The minimum atomic E-state index is -0.616. The number of piperidine rings is 1. The Balaban J connectivity index is 1.44. The summed E-state index contributed by atoms with van der Waals surface area (Å²) in [5.74, 6) is -0.516. The lowest BCUT2D eigenvalue weighted by atomic mass is 10.0. The molecule has 1 aliphatic rings. The predicted molar refractivity (Wildman–Crippen MR) is 97.0 cm³/mol. The summed E-state index contributed by atoms with van der Waals surface area (Å²) in [6.07, 6.45) is 4.28. The molecule has 7 nitrogen and oxygen atoms in total. The van der Waals surface area contributed by atoms with E-state index in [0.29, 0.717) is 36.4 Å². The molecule has 0 bridgehead atoms. The highest BCUT2D eigenvalue weighted by atomic mass is 32.1. The van der Waals surface area contributed by atoms with E-state index in [0.717, 1.165) is 0 Å². The van der Waals surface area contributed by atoms with Crippen LogP contribution in [0.3, 0.4) is 0 Å². The van der Waals surface area contributed by atoms with Crippen LogP contribution in [0, 0.1) is 0 Å². The van der Waals surface area contributed by atoms with Crippen LogP contribution < -0.4 is 10.6 Å². The number of nitrogens with one attached hydrogen (secondary N) is 2. The maximum Gasteiger partial charge on any atom is 0.261 e. The molecule has 3 heterocycles. The zero-order chi connectivity index (χ0) is 18.5. The number of rotatable bonds is 5. The molecule has 3 amide bonds. The molecule has 0 saturated carbocycles. The molecule has 2 N–H and O–H groups in total. The summed E-state index contributed by atoms with van der Waals surface area (Å²) in [6, 6.07) is 4.54. The van der Waals surface area contributed by atoms with Crippen molar-refractivity contribution in [1.82, 2.24) is 15.5 Å². The van der Waals surface area contributed by atoms with Crippen LogP contribution in [0.4, 0.5) is 0 Å². The van der Waals surface area contributed by atoms with Crippen LogP contribution in [0.25, 0.3) is 0 Å². The Hall–Kier alpha value is -2.61. The summed E-state index contributed by atoms with van der Waals surface area (Å²) in [6.45, 7) is 2.81. The first-order valence-corrected chi connectivity index (χ1v) is 9.39. The van der Waals surface area contributed by atoms with Crippen molar-refractivity contribution >= 4 is 29.1 Å². The van der Waals surface area contributed by atoms with Gasteiger partial charge < -0.3 is 20.0 Å². The molecule has 8 heteroatoms. The van der Waals surface area contributed by atoms with Crippen molar-refractivity contribution in [3.63, 3.8) is 0 Å². The fraction of sp³-hybridized carbons (Fsp3) is 0.389. The Kier molecular flexibility index (Phi) is 5.72. The lowest BCUT2D eigenvalue weighted by molar-refractivity contribution is -0.123. The van der Waals surface area contributed by atoms with Gasteiger partial charge >= 0.3 is 0 Å². The van der Waals surface area contributed by atoms with E-state index >= 15 is 0 Å². The van der Waals surface area contributed by atoms with Crippen molar-refractivity contribution in [3.8, 4) is 0 Å². The smallest absolute Gasteiger partial charge is 0.261 e. The molecule has 0 radical (unpaired) electrons. The van der Waals surface area contributed by atoms with Gasteiger partial charge in [-0.05, 0) is 37.3 Å². The number of hydrogen-bond acceptors (Lipinski definition) is 5. The van der Waals surface area contributed by atoms with E-state index in [4.69, 9.17) is 4.42 Å². The summed E-state index contributed by atoms with van der Waals surface area (Å²) in [4.78, 5) is 38.9. The van der Waals surface area contributed by atoms with Crippen molar-refractivity contribution in [3.05, 3.63) is 46.5 Å². The van der Waals surface area contributed by atoms with Gasteiger partial charge in [-0.1, -0.05) is 6.07 Å². The third kappa shape index (κ3) is 4.32. The number of hydrogen-bond donors (Lipinski definition) is 2. The van der Waals surface area contributed by atoms with Gasteiger partial charge in [-0.25, -0.2) is 0 Å². The van der Waals surface area contributed by atoms with Crippen molar-refractivity contribution in [2.75, 3.05) is 13.1 Å². The highest BCUT2D eigenvalue weighted by Crippen LogP contribution is 2.14. The molecule has 1 atom stereocenters. The number of nitrogens with zero attached hydrogens (tertiary/aromatic N) is 1. The minimum absolute atomic E-state index is 0.00279. The second-order valence-electron chi connectivity index (χ2n) is 6.26. The maximum atomic E-state index is 12.3. The highest BCUT2D eigenvalue weighted by Gasteiger charge is 2.26. The minimum Gasteiger partial charge on any atom is -0.472 e. The molecule has 0 spiro atoms. The van der Waals surface area contributed by atoms with Gasteiger partial charge in [0.1, 0.15) is 12.3 Å². The summed E-state index contributed by atoms with van der Waals surface area (Å²) >= 11 is 1.33. The molecular weight excluding hydrogens is 354 g/mol.